The molecule has 0 aromatic carbocycles. The summed E-state index contributed by atoms with van der Waals surface area (Å²) in [6, 6.07) is 4.65. The SMILES string of the molecule is CC[C@H]1CN(C(C)c2ccc3nc(C)cn3n2)[C@H](CC)CN1C(=O)OC(C)(C)C. The van der Waals surface area contributed by atoms with Gasteiger partial charge in [-0.2, -0.15) is 5.10 Å². The van der Waals surface area contributed by atoms with E-state index >= 15 is 0 Å². The Morgan fingerprint density at radius 3 is 2.52 bits per heavy atom. The van der Waals surface area contributed by atoms with E-state index in [0.29, 0.717) is 6.54 Å². The van der Waals surface area contributed by atoms with E-state index in [-0.39, 0.29) is 24.2 Å². The molecule has 0 saturated carbocycles. The van der Waals surface area contributed by atoms with Crippen molar-refractivity contribution in [2.45, 2.75) is 85.0 Å². The predicted molar refractivity (Wildman–Crippen MR) is 114 cm³/mol. The molecule has 1 unspecified atom stereocenters. The predicted octanol–water partition coefficient (Wildman–Crippen LogP) is 4.21. The summed E-state index contributed by atoms with van der Waals surface area (Å²) in [6.07, 6.45) is 3.61. The minimum absolute atomic E-state index is 0.134. The molecule has 7 nitrogen and oxygen atoms in total. The first-order chi connectivity index (χ1) is 13.6. The van der Waals surface area contributed by atoms with Gasteiger partial charge in [-0.3, -0.25) is 4.90 Å². The molecule has 1 fully saturated rings. The highest BCUT2D eigenvalue weighted by Crippen LogP contribution is 2.29. The number of imidazole rings is 1. The third kappa shape index (κ3) is 4.71. The summed E-state index contributed by atoms with van der Waals surface area (Å²) >= 11 is 0. The molecule has 2 aromatic rings. The number of rotatable bonds is 4. The van der Waals surface area contributed by atoms with Crippen LogP contribution in [0.2, 0.25) is 0 Å². The van der Waals surface area contributed by atoms with Crippen LogP contribution in [-0.4, -0.2) is 61.3 Å². The molecule has 160 valence electrons. The number of amides is 1. The van der Waals surface area contributed by atoms with Crippen molar-refractivity contribution in [1.29, 1.82) is 0 Å². The molecule has 3 rings (SSSR count). The Morgan fingerprint density at radius 1 is 1.21 bits per heavy atom. The van der Waals surface area contributed by atoms with Crippen molar-refractivity contribution < 1.29 is 9.53 Å². The quantitative estimate of drug-likeness (QED) is 0.768. The second kappa shape index (κ2) is 8.30. The van der Waals surface area contributed by atoms with Crippen molar-refractivity contribution in [3.8, 4) is 0 Å². The number of carbonyl (C=O) groups is 1. The highest BCUT2D eigenvalue weighted by molar-refractivity contribution is 5.68. The summed E-state index contributed by atoms with van der Waals surface area (Å²) in [4.78, 5) is 21.7. The Labute approximate surface area is 174 Å². The van der Waals surface area contributed by atoms with Crippen molar-refractivity contribution >= 4 is 11.7 Å². The van der Waals surface area contributed by atoms with Crippen LogP contribution in [0.5, 0.6) is 0 Å². The van der Waals surface area contributed by atoms with E-state index < -0.39 is 5.60 Å². The first-order valence-electron chi connectivity index (χ1n) is 10.7. The fourth-order valence-electron chi connectivity index (χ4n) is 4.11. The second-order valence-electron chi connectivity index (χ2n) is 9.07. The highest BCUT2D eigenvalue weighted by Gasteiger charge is 2.39. The molecule has 3 atom stereocenters. The van der Waals surface area contributed by atoms with Crippen molar-refractivity contribution in [1.82, 2.24) is 24.4 Å². The molecule has 0 bridgehead atoms. The van der Waals surface area contributed by atoms with Crippen molar-refractivity contribution in [2.24, 2.45) is 0 Å². The van der Waals surface area contributed by atoms with Crippen LogP contribution < -0.4 is 0 Å². The van der Waals surface area contributed by atoms with Gasteiger partial charge in [-0.05, 0) is 59.6 Å². The van der Waals surface area contributed by atoms with Crippen molar-refractivity contribution in [2.75, 3.05) is 13.1 Å². The number of hydrogen-bond donors (Lipinski definition) is 0. The first kappa shape index (κ1) is 21.6. The molecule has 0 radical (unpaired) electrons. The fourth-order valence-corrected chi connectivity index (χ4v) is 4.11. The Bertz CT molecular complexity index is 856. The number of piperazine rings is 1. The molecule has 7 heteroatoms. The summed E-state index contributed by atoms with van der Waals surface area (Å²) in [5.74, 6) is 0. The maximum atomic E-state index is 12.8. The van der Waals surface area contributed by atoms with Gasteiger partial charge >= 0.3 is 6.09 Å². The Hall–Kier alpha value is -2.15. The van der Waals surface area contributed by atoms with Crippen LogP contribution in [0.3, 0.4) is 0 Å². The zero-order chi connectivity index (χ0) is 21.3. The number of fused-ring (bicyclic) bond motifs is 1. The average Bonchev–Trinajstić information content (AvgIpc) is 3.03. The fraction of sp³-hybridized carbons (Fsp3) is 0.682. The van der Waals surface area contributed by atoms with Gasteiger partial charge in [0.25, 0.3) is 0 Å². The molecule has 0 N–H and O–H groups in total. The molecule has 3 heterocycles. The maximum absolute atomic E-state index is 12.8. The van der Waals surface area contributed by atoms with Crippen LogP contribution in [0.25, 0.3) is 5.65 Å². The molecular formula is C22H35N5O2. The number of aryl methyl sites for hydroxylation is 1. The number of ether oxygens (including phenoxy) is 1. The van der Waals surface area contributed by atoms with Gasteiger partial charge in [0.15, 0.2) is 5.65 Å². The lowest BCUT2D eigenvalue weighted by Crippen LogP contribution is -2.60. The molecular weight excluding hydrogens is 366 g/mol. The molecule has 2 aromatic heterocycles. The molecule has 1 aliphatic heterocycles. The number of nitrogens with zero attached hydrogens (tertiary/aromatic N) is 5. The highest BCUT2D eigenvalue weighted by atomic mass is 16.6. The van der Waals surface area contributed by atoms with Gasteiger partial charge in [0.1, 0.15) is 5.60 Å². The van der Waals surface area contributed by atoms with E-state index in [0.717, 1.165) is 36.4 Å². The van der Waals surface area contributed by atoms with Gasteiger partial charge in [-0.15, -0.1) is 0 Å². The number of carbonyl (C=O) groups excluding carboxylic acids is 1. The summed E-state index contributed by atoms with van der Waals surface area (Å²) in [7, 11) is 0. The van der Waals surface area contributed by atoms with E-state index in [9.17, 15) is 4.79 Å². The maximum Gasteiger partial charge on any atom is 0.410 e. The van der Waals surface area contributed by atoms with Gasteiger partial charge in [0.2, 0.25) is 0 Å². The Balaban J connectivity index is 1.82. The Kier molecular flexibility index (Phi) is 6.17. The summed E-state index contributed by atoms with van der Waals surface area (Å²) < 4.78 is 7.54. The molecule has 29 heavy (non-hydrogen) atoms. The normalized spacial score (nSPS) is 22.1. The van der Waals surface area contributed by atoms with Gasteiger partial charge in [-0.1, -0.05) is 13.8 Å². The third-order valence-electron chi connectivity index (χ3n) is 5.70. The topological polar surface area (TPSA) is 63.0 Å². The standard InChI is InChI=1S/C22H35N5O2/c1-8-17-14-26(21(28)29-22(5,6)7)18(9-2)13-25(17)16(4)19-10-11-20-23-15(3)12-27(20)24-19/h10-12,16-18H,8-9,13-14H2,1-7H3/t16?,17-,18+/m1/s1. The van der Waals surface area contributed by atoms with E-state index in [2.05, 4.69) is 36.7 Å². The molecule has 0 spiro atoms. The lowest BCUT2D eigenvalue weighted by Gasteiger charge is -2.48. The van der Waals surface area contributed by atoms with Gasteiger partial charge in [0.05, 0.1) is 23.6 Å². The van der Waals surface area contributed by atoms with Crippen molar-refractivity contribution in [3.05, 3.63) is 29.7 Å². The molecule has 0 aliphatic carbocycles. The molecule has 1 saturated heterocycles. The van der Waals surface area contributed by atoms with Crippen LogP contribution in [0.4, 0.5) is 4.79 Å². The van der Waals surface area contributed by atoms with Crippen molar-refractivity contribution in [3.63, 3.8) is 0 Å². The van der Waals surface area contributed by atoms with E-state index in [1.807, 2.05) is 49.4 Å². The van der Waals surface area contributed by atoms with Gasteiger partial charge < -0.3 is 9.64 Å². The minimum atomic E-state index is -0.482. The minimum Gasteiger partial charge on any atom is -0.444 e. The van der Waals surface area contributed by atoms with Crippen LogP contribution in [-0.2, 0) is 4.74 Å². The van der Waals surface area contributed by atoms with Crippen LogP contribution in [0.1, 0.15) is 71.8 Å². The molecule has 1 aliphatic rings. The lowest BCUT2D eigenvalue weighted by molar-refractivity contribution is -0.0273. The number of aromatic nitrogens is 3. The van der Waals surface area contributed by atoms with E-state index in [1.165, 1.54) is 0 Å². The molecule has 1 amide bonds. The third-order valence-corrected chi connectivity index (χ3v) is 5.70. The summed E-state index contributed by atoms with van der Waals surface area (Å²) in [6.45, 7) is 15.8. The Morgan fingerprint density at radius 2 is 1.90 bits per heavy atom. The lowest BCUT2D eigenvalue weighted by atomic mass is 9.99. The second-order valence-corrected chi connectivity index (χ2v) is 9.07. The van der Waals surface area contributed by atoms with Crippen LogP contribution >= 0.6 is 0 Å². The zero-order valence-electron chi connectivity index (χ0n) is 18.8. The zero-order valence-corrected chi connectivity index (χ0v) is 18.8. The largest absolute Gasteiger partial charge is 0.444 e. The van der Waals surface area contributed by atoms with Gasteiger partial charge in [-0.25, -0.2) is 14.3 Å². The van der Waals surface area contributed by atoms with Crippen LogP contribution in [0, 0.1) is 6.92 Å². The first-order valence-corrected chi connectivity index (χ1v) is 10.7. The van der Waals surface area contributed by atoms with Gasteiger partial charge in [0, 0.05) is 25.2 Å². The summed E-state index contributed by atoms with van der Waals surface area (Å²) in [5, 5.41) is 4.80. The smallest absolute Gasteiger partial charge is 0.410 e. The monoisotopic (exact) mass is 401 g/mol. The summed E-state index contributed by atoms with van der Waals surface area (Å²) in [5.41, 5.74) is 2.37. The number of hydrogen-bond acceptors (Lipinski definition) is 5. The van der Waals surface area contributed by atoms with E-state index in [1.54, 1.807) is 0 Å². The average molecular weight is 402 g/mol. The van der Waals surface area contributed by atoms with Crippen LogP contribution in [0.15, 0.2) is 18.3 Å². The van der Waals surface area contributed by atoms with E-state index in [4.69, 9.17) is 9.84 Å².